The first-order valence-corrected chi connectivity index (χ1v) is 8.56. The molecule has 3 aromatic rings. The van der Waals surface area contributed by atoms with Gasteiger partial charge in [0.05, 0.1) is 25.2 Å². The maximum atomic E-state index is 13.9. The average Bonchev–Trinajstić information content (AvgIpc) is 3.16. The molecule has 0 bridgehead atoms. The van der Waals surface area contributed by atoms with E-state index in [2.05, 4.69) is 15.3 Å². The van der Waals surface area contributed by atoms with E-state index in [4.69, 9.17) is 9.47 Å². The van der Waals surface area contributed by atoms with Gasteiger partial charge in [0.1, 0.15) is 12.4 Å². The lowest BCUT2D eigenvalue weighted by Gasteiger charge is -2.26. The molecule has 2 aromatic carbocycles. The monoisotopic (exact) mass is 353 g/mol. The number of para-hydroxylation sites is 1. The number of hydrogen-bond acceptors (Lipinski definition) is 4. The van der Waals surface area contributed by atoms with E-state index in [0.717, 1.165) is 29.9 Å². The van der Waals surface area contributed by atoms with E-state index in [1.54, 1.807) is 31.6 Å². The summed E-state index contributed by atoms with van der Waals surface area (Å²) in [5.74, 6) is 0.934. The number of ether oxygens (including phenoxy) is 2. The lowest BCUT2D eigenvalue weighted by molar-refractivity contribution is 0.274. The Morgan fingerprint density at radius 2 is 2.08 bits per heavy atom. The molecule has 0 fully saturated rings. The highest BCUT2D eigenvalue weighted by Gasteiger charge is 2.27. The fourth-order valence-corrected chi connectivity index (χ4v) is 3.32. The summed E-state index contributed by atoms with van der Waals surface area (Å²) in [6.07, 6.45) is 2.62. The number of fused-ring (bicyclic) bond motifs is 1. The Morgan fingerprint density at radius 1 is 1.19 bits per heavy atom. The first-order valence-electron chi connectivity index (χ1n) is 8.56. The number of aromatic amines is 1. The van der Waals surface area contributed by atoms with E-state index in [9.17, 15) is 4.39 Å². The largest absolute Gasteiger partial charge is 0.493 e. The predicted molar refractivity (Wildman–Crippen MR) is 95.9 cm³/mol. The van der Waals surface area contributed by atoms with Crippen LogP contribution in [-0.4, -0.2) is 23.6 Å². The molecule has 26 heavy (non-hydrogen) atoms. The molecule has 2 N–H and O–H groups in total. The number of benzene rings is 2. The highest BCUT2D eigenvalue weighted by molar-refractivity contribution is 5.51. The molecule has 0 saturated heterocycles. The SMILES string of the molecule is COc1cccc([C@@H]2NCCc3[nH]cnc32)c1OCc1ccccc1F. The first kappa shape index (κ1) is 16.6. The van der Waals surface area contributed by atoms with Gasteiger partial charge < -0.3 is 19.8 Å². The molecule has 0 amide bonds. The lowest BCUT2D eigenvalue weighted by Crippen LogP contribution is -2.31. The predicted octanol–water partition coefficient (Wildman–Crippen LogP) is 3.37. The van der Waals surface area contributed by atoms with Gasteiger partial charge in [-0.15, -0.1) is 0 Å². The van der Waals surface area contributed by atoms with E-state index in [1.165, 1.54) is 6.07 Å². The second-order valence-electron chi connectivity index (χ2n) is 6.16. The fraction of sp³-hybridized carbons (Fsp3) is 0.250. The maximum absolute atomic E-state index is 13.9. The molecule has 6 heteroatoms. The van der Waals surface area contributed by atoms with Crippen molar-refractivity contribution in [2.75, 3.05) is 13.7 Å². The zero-order valence-corrected chi connectivity index (χ0v) is 14.5. The topological polar surface area (TPSA) is 59.2 Å². The van der Waals surface area contributed by atoms with Crippen molar-refractivity contribution in [3.8, 4) is 11.5 Å². The van der Waals surface area contributed by atoms with Gasteiger partial charge in [-0.25, -0.2) is 9.37 Å². The molecule has 0 radical (unpaired) electrons. The molecule has 0 saturated carbocycles. The molecule has 1 aliphatic rings. The highest BCUT2D eigenvalue weighted by Crippen LogP contribution is 2.39. The molecule has 5 nitrogen and oxygen atoms in total. The van der Waals surface area contributed by atoms with Gasteiger partial charge in [0.2, 0.25) is 0 Å². The van der Waals surface area contributed by atoms with Gasteiger partial charge in [-0.3, -0.25) is 0 Å². The van der Waals surface area contributed by atoms with Crippen molar-refractivity contribution in [2.24, 2.45) is 0 Å². The molecular weight excluding hydrogens is 333 g/mol. The van der Waals surface area contributed by atoms with E-state index < -0.39 is 0 Å². The van der Waals surface area contributed by atoms with E-state index >= 15 is 0 Å². The summed E-state index contributed by atoms with van der Waals surface area (Å²) in [6.45, 7) is 0.962. The van der Waals surface area contributed by atoms with Crippen molar-refractivity contribution in [2.45, 2.75) is 19.1 Å². The molecule has 134 valence electrons. The van der Waals surface area contributed by atoms with Crippen LogP contribution in [0.25, 0.3) is 0 Å². The van der Waals surface area contributed by atoms with Crippen LogP contribution < -0.4 is 14.8 Å². The molecule has 1 aromatic heterocycles. The van der Waals surface area contributed by atoms with Crippen LogP contribution in [0.4, 0.5) is 4.39 Å². The number of halogens is 1. The van der Waals surface area contributed by atoms with E-state index in [0.29, 0.717) is 17.1 Å². The van der Waals surface area contributed by atoms with Crippen molar-refractivity contribution in [3.63, 3.8) is 0 Å². The zero-order valence-electron chi connectivity index (χ0n) is 14.5. The zero-order chi connectivity index (χ0) is 17.9. The van der Waals surface area contributed by atoms with Crippen molar-refractivity contribution in [3.05, 3.63) is 77.1 Å². The smallest absolute Gasteiger partial charge is 0.166 e. The Kier molecular flexibility index (Phi) is 4.58. The van der Waals surface area contributed by atoms with Crippen LogP contribution in [0.1, 0.15) is 28.6 Å². The van der Waals surface area contributed by atoms with Crippen LogP contribution in [0.2, 0.25) is 0 Å². The standard InChI is InChI=1S/C20H20FN3O2/c1-25-17-8-4-6-14(18-19-16(9-10-22-18)23-12-24-19)20(17)26-11-13-5-2-3-7-15(13)21/h2-8,12,18,22H,9-11H2,1H3,(H,23,24)/t18-/m0/s1. The lowest BCUT2D eigenvalue weighted by atomic mass is 9.97. The number of imidazole rings is 1. The third-order valence-electron chi connectivity index (χ3n) is 4.62. The summed E-state index contributed by atoms with van der Waals surface area (Å²) < 4.78 is 25.5. The van der Waals surface area contributed by atoms with E-state index in [-0.39, 0.29) is 18.5 Å². The van der Waals surface area contributed by atoms with Gasteiger partial charge in [-0.05, 0) is 12.1 Å². The number of rotatable bonds is 5. The minimum Gasteiger partial charge on any atom is -0.493 e. The van der Waals surface area contributed by atoms with Crippen molar-refractivity contribution in [1.82, 2.24) is 15.3 Å². The van der Waals surface area contributed by atoms with Gasteiger partial charge in [0, 0.05) is 29.8 Å². The number of H-pyrrole nitrogens is 1. The van der Waals surface area contributed by atoms with Crippen LogP contribution in [0.3, 0.4) is 0 Å². The van der Waals surface area contributed by atoms with Gasteiger partial charge in [0.25, 0.3) is 0 Å². The van der Waals surface area contributed by atoms with Gasteiger partial charge in [-0.1, -0.05) is 30.3 Å². The minimum absolute atomic E-state index is 0.101. The Labute approximate surface area is 151 Å². The molecule has 0 spiro atoms. The summed E-state index contributed by atoms with van der Waals surface area (Å²) >= 11 is 0. The normalized spacial score (nSPS) is 16.2. The van der Waals surface area contributed by atoms with Crippen molar-refractivity contribution in [1.29, 1.82) is 0 Å². The average molecular weight is 353 g/mol. The summed E-state index contributed by atoms with van der Waals surface area (Å²) in [5, 5.41) is 3.49. The number of hydrogen-bond donors (Lipinski definition) is 2. The second kappa shape index (κ2) is 7.17. The molecule has 0 unspecified atom stereocenters. The van der Waals surface area contributed by atoms with Crippen LogP contribution in [-0.2, 0) is 13.0 Å². The summed E-state index contributed by atoms with van der Waals surface area (Å²) in [5.41, 5.74) is 3.51. The number of aromatic nitrogens is 2. The molecular formula is C20H20FN3O2. The highest BCUT2D eigenvalue weighted by atomic mass is 19.1. The Morgan fingerprint density at radius 3 is 2.92 bits per heavy atom. The van der Waals surface area contributed by atoms with Gasteiger partial charge in [-0.2, -0.15) is 0 Å². The summed E-state index contributed by atoms with van der Waals surface area (Å²) in [7, 11) is 1.60. The van der Waals surface area contributed by atoms with Gasteiger partial charge >= 0.3 is 0 Å². The molecule has 1 atom stereocenters. The Bertz CT molecular complexity index is 910. The van der Waals surface area contributed by atoms with Crippen LogP contribution in [0.5, 0.6) is 11.5 Å². The summed E-state index contributed by atoms with van der Waals surface area (Å²) in [4.78, 5) is 7.67. The number of methoxy groups -OCH3 is 1. The van der Waals surface area contributed by atoms with Crippen LogP contribution in [0.15, 0.2) is 48.8 Å². The maximum Gasteiger partial charge on any atom is 0.166 e. The fourth-order valence-electron chi connectivity index (χ4n) is 3.32. The molecule has 4 rings (SSSR count). The quantitative estimate of drug-likeness (QED) is 0.738. The van der Waals surface area contributed by atoms with Crippen molar-refractivity contribution < 1.29 is 13.9 Å². The molecule has 0 aliphatic carbocycles. The number of nitrogens with zero attached hydrogens (tertiary/aromatic N) is 1. The van der Waals surface area contributed by atoms with Crippen molar-refractivity contribution >= 4 is 0 Å². The Balaban J connectivity index is 1.69. The third kappa shape index (κ3) is 3.04. The van der Waals surface area contributed by atoms with Crippen LogP contribution >= 0.6 is 0 Å². The second-order valence-corrected chi connectivity index (χ2v) is 6.16. The Hall–Kier alpha value is -2.86. The number of nitrogens with one attached hydrogen (secondary N) is 2. The van der Waals surface area contributed by atoms with E-state index in [1.807, 2.05) is 18.2 Å². The van der Waals surface area contributed by atoms with Crippen LogP contribution in [0, 0.1) is 5.82 Å². The summed E-state index contributed by atoms with van der Waals surface area (Å²) in [6, 6.07) is 12.3. The molecule has 2 heterocycles. The molecule has 1 aliphatic heterocycles. The minimum atomic E-state index is -0.283. The third-order valence-corrected chi connectivity index (χ3v) is 4.62. The van der Waals surface area contributed by atoms with Gasteiger partial charge in [0.15, 0.2) is 11.5 Å². The first-order chi connectivity index (χ1) is 12.8.